The lowest BCUT2D eigenvalue weighted by atomic mass is 10.1. The molecule has 0 radical (unpaired) electrons. The van der Waals surface area contributed by atoms with Crippen molar-refractivity contribution in [3.63, 3.8) is 0 Å². The van der Waals surface area contributed by atoms with Crippen LogP contribution >= 0.6 is 0 Å². The number of aromatic nitrogens is 2. The lowest BCUT2D eigenvalue weighted by Gasteiger charge is -2.17. The maximum absolute atomic E-state index is 4.66. The first kappa shape index (κ1) is 13.3. The molecule has 0 spiro atoms. The number of anilines is 2. The smallest absolute Gasteiger partial charge is 0.227 e. The Morgan fingerprint density at radius 2 is 1.79 bits per heavy atom. The minimum Gasteiger partial charge on any atom is -0.370 e. The van der Waals surface area contributed by atoms with E-state index in [-0.39, 0.29) is 0 Å². The van der Waals surface area contributed by atoms with Crippen molar-refractivity contribution in [3.8, 4) is 11.3 Å². The molecule has 2 aromatic rings. The highest BCUT2D eigenvalue weighted by atomic mass is 15.2. The topological polar surface area (TPSA) is 41.1 Å². The molecule has 0 saturated heterocycles. The van der Waals surface area contributed by atoms with E-state index in [2.05, 4.69) is 41.3 Å². The summed E-state index contributed by atoms with van der Waals surface area (Å²) in [5.41, 5.74) is 3.18. The Kier molecular flexibility index (Phi) is 4.00. The third-order valence-electron chi connectivity index (χ3n) is 2.93. The Bertz CT molecular complexity index is 550. The van der Waals surface area contributed by atoms with E-state index in [0.717, 1.165) is 35.1 Å². The number of hydrogen-bond acceptors (Lipinski definition) is 4. The van der Waals surface area contributed by atoms with Crippen LogP contribution in [-0.2, 0) is 0 Å². The third-order valence-corrected chi connectivity index (χ3v) is 2.93. The van der Waals surface area contributed by atoms with E-state index in [4.69, 9.17) is 0 Å². The molecule has 0 aliphatic carbocycles. The van der Waals surface area contributed by atoms with Crippen molar-refractivity contribution in [2.24, 2.45) is 0 Å². The maximum Gasteiger partial charge on any atom is 0.227 e. The summed E-state index contributed by atoms with van der Waals surface area (Å²) < 4.78 is 0. The predicted molar refractivity (Wildman–Crippen MR) is 80.7 cm³/mol. The first-order valence-electron chi connectivity index (χ1n) is 6.48. The summed E-state index contributed by atoms with van der Waals surface area (Å²) in [6.07, 6.45) is 0. The normalized spacial score (nSPS) is 10.3. The van der Waals surface area contributed by atoms with Gasteiger partial charge in [0.05, 0.1) is 5.69 Å². The van der Waals surface area contributed by atoms with Gasteiger partial charge < -0.3 is 10.2 Å². The van der Waals surface area contributed by atoms with Crippen LogP contribution in [0.25, 0.3) is 11.3 Å². The van der Waals surface area contributed by atoms with Gasteiger partial charge in [-0.3, -0.25) is 0 Å². The van der Waals surface area contributed by atoms with E-state index in [9.17, 15) is 0 Å². The van der Waals surface area contributed by atoms with E-state index in [1.54, 1.807) is 0 Å². The average molecular weight is 256 g/mol. The van der Waals surface area contributed by atoms with Crippen LogP contribution in [0, 0.1) is 6.92 Å². The molecule has 1 aromatic carbocycles. The standard InChI is InChI=1S/C15H20N4/c1-5-16-14-11(2)13(12-9-7-6-8-10-12)17-15(18-14)19(3)4/h6-10H,5H2,1-4H3,(H,16,17,18). The van der Waals surface area contributed by atoms with Crippen LogP contribution in [0.4, 0.5) is 11.8 Å². The van der Waals surface area contributed by atoms with Crippen molar-refractivity contribution in [2.45, 2.75) is 13.8 Å². The van der Waals surface area contributed by atoms with Gasteiger partial charge in [0.15, 0.2) is 0 Å². The van der Waals surface area contributed by atoms with Gasteiger partial charge in [-0.15, -0.1) is 0 Å². The second-order valence-electron chi connectivity index (χ2n) is 4.64. The van der Waals surface area contributed by atoms with Gasteiger partial charge >= 0.3 is 0 Å². The van der Waals surface area contributed by atoms with Gasteiger partial charge in [-0.1, -0.05) is 30.3 Å². The molecule has 1 heterocycles. The van der Waals surface area contributed by atoms with Crippen LogP contribution in [-0.4, -0.2) is 30.6 Å². The van der Waals surface area contributed by atoms with Gasteiger partial charge in [-0.25, -0.2) is 4.98 Å². The summed E-state index contributed by atoms with van der Waals surface area (Å²) in [5.74, 6) is 1.63. The molecule has 0 amide bonds. The molecular formula is C15H20N4. The van der Waals surface area contributed by atoms with E-state index >= 15 is 0 Å². The monoisotopic (exact) mass is 256 g/mol. The SMILES string of the molecule is CCNc1nc(N(C)C)nc(-c2ccccc2)c1C. The molecule has 0 fully saturated rings. The van der Waals surface area contributed by atoms with Crippen LogP contribution in [0.1, 0.15) is 12.5 Å². The van der Waals surface area contributed by atoms with Crippen LogP contribution in [0.3, 0.4) is 0 Å². The molecule has 2 rings (SSSR count). The molecule has 19 heavy (non-hydrogen) atoms. The van der Waals surface area contributed by atoms with Crippen LogP contribution in [0.2, 0.25) is 0 Å². The summed E-state index contributed by atoms with van der Waals surface area (Å²) in [4.78, 5) is 11.1. The van der Waals surface area contributed by atoms with Crippen LogP contribution in [0.5, 0.6) is 0 Å². The quantitative estimate of drug-likeness (QED) is 0.913. The van der Waals surface area contributed by atoms with Gasteiger partial charge in [0.1, 0.15) is 5.82 Å². The number of nitrogens with one attached hydrogen (secondary N) is 1. The van der Waals surface area contributed by atoms with Crippen molar-refractivity contribution in [1.29, 1.82) is 0 Å². The average Bonchev–Trinajstić information content (AvgIpc) is 2.42. The summed E-state index contributed by atoms with van der Waals surface area (Å²) in [6.45, 7) is 4.97. The Balaban J connectivity index is 2.59. The minimum atomic E-state index is 0.723. The fraction of sp³-hybridized carbons (Fsp3) is 0.333. The predicted octanol–water partition coefficient (Wildman–Crippen LogP) is 2.95. The lowest BCUT2D eigenvalue weighted by Crippen LogP contribution is -2.15. The summed E-state index contributed by atoms with van der Waals surface area (Å²) in [7, 11) is 3.91. The molecular weight excluding hydrogens is 236 g/mol. The number of hydrogen-bond donors (Lipinski definition) is 1. The summed E-state index contributed by atoms with van der Waals surface area (Å²) in [5, 5.41) is 3.30. The van der Waals surface area contributed by atoms with E-state index < -0.39 is 0 Å². The van der Waals surface area contributed by atoms with Gasteiger partial charge in [-0.05, 0) is 13.8 Å². The largest absolute Gasteiger partial charge is 0.370 e. The second-order valence-corrected chi connectivity index (χ2v) is 4.64. The maximum atomic E-state index is 4.66. The van der Waals surface area contributed by atoms with Gasteiger partial charge in [-0.2, -0.15) is 4.98 Å². The van der Waals surface area contributed by atoms with Crippen molar-refractivity contribution >= 4 is 11.8 Å². The fourth-order valence-corrected chi connectivity index (χ4v) is 1.92. The molecule has 0 unspecified atom stereocenters. The molecule has 0 atom stereocenters. The molecule has 0 bridgehead atoms. The highest BCUT2D eigenvalue weighted by Crippen LogP contribution is 2.27. The highest BCUT2D eigenvalue weighted by Gasteiger charge is 2.12. The summed E-state index contributed by atoms with van der Waals surface area (Å²) in [6, 6.07) is 10.2. The van der Waals surface area contributed by atoms with Crippen LogP contribution < -0.4 is 10.2 Å². The highest BCUT2D eigenvalue weighted by molar-refractivity contribution is 5.69. The van der Waals surface area contributed by atoms with Crippen molar-refractivity contribution < 1.29 is 0 Å². The molecule has 4 nitrogen and oxygen atoms in total. The molecule has 0 aliphatic heterocycles. The van der Waals surface area contributed by atoms with Crippen molar-refractivity contribution in [2.75, 3.05) is 30.9 Å². The fourth-order valence-electron chi connectivity index (χ4n) is 1.92. The zero-order valence-corrected chi connectivity index (χ0v) is 11.9. The van der Waals surface area contributed by atoms with Gasteiger partial charge in [0, 0.05) is 31.8 Å². The van der Waals surface area contributed by atoms with Crippen molar-refractivity contribution in [3.05, 3.63) is 35.9 Å². The molecule has 1 N–H and O–H groups in total. The zero-order chi connectivity index (χ0) is 13.8. The summed E-state index contributed by atoms with van der Waals surface area (Å²) >= 11 is 0. The Morgan fingerprint density at radius 3 is 2.37 bits per heavy atom. The zero-order valence-electron chi connectivity index (χ0n) is 11.9. The molecule has 0 aliphatic rings. The number of benzene rings is 1. The molecule has 0 saturated carbocycles. The number of rotatable bonds is 4. The Labute approximate surface area is 114 Å². The second kappa shape index (κ2) is 5.69. The van der Waals surface area contributed by atoms with E-state index in [0.29, 0.717) is 0 Å². The van der Waals surface area contributed by atoms with Gasteiger partial charge in [0.25, 0.3) is 0 Å². The van der Waals surface area contributed by atoms with E-state index in [1.165, 1.54) is 0 Å². The minimum absolute atomic E-state index is 0.723. The number of nitrogens with zero attached hydrogens (tertiary/aromatic N) is 3. The molecule has 1 aromatic heterocycles. The third kappa shape index (κ3) is 2.84. The first-order valence-corrected chi connectivity index (χ1v) is 6.48. The molecule has 100 valence electrons. The van der Waals surface area contributed by atoms with Gasteiger partial charge in [0.2, 0.25) is 5.95 Å². The van der Waals surface area contributed by atoms with Crippen LogP contribution in [0.15, 0.2) is 30.3 Å². The lowest BCUT2D eigenvalue weighted by molar-refractivity contribution is 0.985. The first-order chi connectivity index (χ1) is 9.13. The van der Waals surface area contributed by atoms with E-state index in [1.807, 2.05) is 37.2 Å². The Morgan fingerprint density at radius 1 is 1.11 bits per heavy atom. The van der Waals surface area contributed by atoms with Crippen molar-refractivity contribution in [1.82, 2.24) is 9.97 Å². The Hall–Kier alpha value is -2.10. The molecule has 4 heteroatoms.